The number of hydrogen-bond acceptors (Lipinski definition) is 4. The maximum absolute atomic E-state index is 12.0. The minimum absolute atomic E-state index is 0.00327. The van der Waals surface area contributed by atoms with Gasteiger partial charge in [-0.3, -0.25) is 4.79 Å². The number of halogens is 2. The number of nitrogens with one attached hydrogen (secondary N) is 1. The van der Waals surface area contributed by atoms with Crippen LogP contribution in [0, 0.1) is 5.92 Å². The average molecular weight is 344 g/mol. The van der Waals surface area contributed by atoms with Gasteiger partial charge in [-0.1, -0.05) is 48.4 Å². The summed E-state index contributed by atoms with van der Waals surface area (Å²) in [7, 11) is 0. The molecule has 2 aromatic rings. The molecule has 1 heterocycles. The SMILES string of the molecule is CCC(CC)C(=O)Nc1nnc(-c2ccc(Cl)cc2Cl)s1. The van der Waals surface area contributed by atoms with Crippen molar-refractivity contribution in [3.8, 4) is 10.6 Å². The van der Waals surface area contributed by atoms with Crippen LogP contribution in [0.2, 0.25) is 10.0 Å². The summed E-state index contributed by atoms with van der Waals surface area (Å²) in [6, 6.07) is 5.19. The van der Waals surface area contributed by atoms with E-state index in [1.165, 1.54) is 11.3 Å². The van der Waals surface area contributed by atoms with Gasteiger partial charge in [0.05, 0.1) is 5.02 Å². The fraction of sp³-hybridized carbons (Fsp3) is 0.357. The highest BCUT2D eigenvalue weighted by Crippen LogP contribution is 2.33. The third kappa shape index (κ3) is 3.93. The first kappa shape index (κ1) is 16.2. The van der Waals surface area contributed by atoms with E-state index in [2.05, 4.69) is 15.5 Å². The second-order valence-electron chi connectivity index (χ2n) is 4.54. The summed E-state index contributed by atoms with van der Waals surface area (Å²) >= 11 is 13.3. The Morgan fingerprint density at radius 1 is 1.29 bits per heavy atom. The molecule has 1 aromatic heterocycles. The number of carbonyl (C=O) groups excluding carboxylic acids is 1. The molecule has 1 N–H and O–H groups in total. The Kier molecular flexibility index (Phi) is 5.56. The second-order valence-corrected chi connectivity index (χ2v) is 6.36. The van der Waals surface area contributed by atoms with Crippen molar-refractivity contribution in [2.24, 2.45) is 5.92 Å². The van der Waals surface area contributed by atoms with Crippen molar-refractivity contribution < 1.29 is 4.79 Å². The molecule has 0 fully saturated rings. The fourth-order valence-electron chi connectivity index (χ4n) is 1.91. The predicted octanol–water partition coefficient (Wildman–Crippen LogP) is 4.89. The molecule has 1 aromatic carbocycles. The highest BCUT2D eigenvalue weighted by Gasteiger charge is 2.17. The molecule has 0 unspecified atom stereocenters. The first-order chi connectivity index (χ1) is 10.0. The van der Waals surface area contributed by atoms with Gasteiger partial charge in [0, 0.05) is 16.5 Å². The van der Waals surface area contributed by atoms with Crippen LogP contribution in [-0.4, -0.2) is 16.1 Å². The summed E-state index contributed by atoms with van der Waals surface area (Å²) in [5.74, 6) is -0.0265. The van der Waals surface area contributed by atoms with E-state index in [1.54, 1.807) is 18.2 Å². The lowest BCUT2D eigenvalue weighted by Crippen LogP contribution is -2.21. The molecule has 0 atom stereocenters. The van der Waals surface area contributed by atoms with Crippen LogP contribution in [0.25, 0.3) is 10.6 Å². The summed E-state index contributed by atoms with van der Waals surface area (Å²) in [5, 5.41) is 13.1. The third-order valence-corrected chi connectivity index (χ3v) is 4.59. The average Bonchev–Trinajstić information content (AvgIpc) is 2.88. The minimum atomic E-state index is -0.0232. The molecule has 0 saturated heterocycles. The molecule has 7 heteroatoms. The van der Waals surface area contributed by atoms with Crippen LogP contribution in [0.1, 0.15) is 26.7 Å². The Bertz CT molecular complexity index is 641. The van der Waals surface area contributed by atoms with Crippen molar-refractivity contribution in [2.45, 2.75) is 26.7 Å². The molecule has 0 aliphatic rings. The third-order valence-electron chi connectivity index (χ3n) is 3.17. The molecule has 0 aliphatic carbocycles. The molecule has 2 rings (SSSR count). The van der Waals surface area contributed by atoms with Crippen molar-refractivity contribution >= 4 is 45.6 Å². The maximum atomic E-state index is 12.0. The summed E-state index contributed by atoms with van der Waals surface area (Å²) in [5.41, 5.74) is 0.751. The van der Waals surface area contributed by atoms with Crippen molar-refractivity contribution in [1.82, 2.24) is 10.2 Å². The first-order valence-electron chi connectivity index (χ1n) is 6.64. The van der Waals surface area contributed by atoms with Crippen LogP contribution in [0.3, 0.4) is 0 Å². The van der Waals surface area contributed by atoms with Gasteiger partial charge in [0.1, 0.15) is 0 Å². The van der Waals surface area contributed by atoms with Crippen molar-refractivity contribution in [3.63, 3.8) is 0 Å². The van der Waals surface area contributed by atoms with Crippen LogP contribution in [0.5, 0.6) is 0 Å². The standard InChI is InChI=1S/C14H15Cl2N3OS/c1-3-8(4-2)12(20)17-14-19-18-13(21-14)10-6-5-9(15)7-11(10)16/h5-8H,3-4H2,1-2H3,(H,17,19,20). The lowest BCUT2D eigenvalue weighted by molar-refractivity contribution is -0.120. The molecule has 0 aliphatic heterocycles. The molecule has 112 valence electrons. The number of amides is 1. The van der Waals surface area contributed by atoms with Crippen LogP contribution in [-0.2, 0) is 4.79 Å². The van der Waals surface area contributed by atoms with Crippen molar-refractivity contribution in [2.75, 3.05) is 5.32 Å². The lowest BCUT2D eigenvalue weighted by atomic mass is 10.0. The predicted molar refractivity (Wildman–Crippen MR) is 88.1 cm³/mol. The van der Waals surface area contributed by atoms with Crippen molar-refractivity contribution in [1.29, 1.82) is 0 Å². The van der Waals surface area contributed by atoms with Gasteiger partial charge in [0.25, 0.3) is 0 Å². The molecule has 0 bridgehead atoms. The Labute approximate surface area is 137 Å². The van der Waals surface area contributed by atoms with Crippen LogP contribution in [0.4, 0.5) is 5.13 Å². The monoisotopic (exact) mass is 343 g/mol. The van der Waals surface area contributed by atoms with Gasteiger partial charge < -0.3 is 5.32 Å². The van der Waals surface area contributed by atoms with E-state index in [1.807, 2.05) is 13.8 Å². The molecule has 1 amide bonds. The van der Waals surface area contributed by atoms with Crippen molar-refractivity contribution in [3.05, 3.63) is 28.2 Å². The molecule has 0 radical (unpaired) electrons. The van der Waals surface area contributed by atoms with Gasteiger partial charge in [0.2, 0.25) is 11.0 Å². The first-order valence-corrected chi connectivity index (χ1v) is 8.22. The van der Waals surface area contributed by atoms with E-state index in [0.717, 1.165) is 18.4 Å². The van der Waals surface area contributed by atoms with Gasteiger partial charge >= 0.3 is 0 Å². The van der Waals surface area contributed by atoms with E-state index in [4.69, 9.17) is 23.2 Å². The Hall–Kier alpha value is -1.17. The molecular formula is C14H15Cl2N3OS. The van der Waals surface area contributed by atoms with Gasteiger partial charge in [-0.2, -0.15) is 0 Å². The smallest absolute Gasteiger partial charge is 0.229 e. The molecule has 4 nitrogen and oxygen atoms in total. The zero-order valence-electron chi connectivity index (χ0n) is 11.7. The van der Waals surface area contributed by atoms with Gasteiger partial charge in [-0.15, -0.1) is 10.2 Å². The summed E-state index contributed by atoms with van der Waals surface area (Å²) in [6.07, 6.45) is 1.61. The minimum Gasteiger partial charge on any atom is -0.300 e. The zero-order valence-corrected chi connectivity index (χ0v) is 14.0. The fourth-order valence-corrected chi connectivity index (χ4v) is 3.25. The number of rotatable bonds is 5. The van der Waals surface area contributed by atoms with Gasteiger partial charge in [-0.25, -0.2) is 0 Å². The number of carbonyl (C=O) groups is 1. The van der Waals surface area contributed by atoms with Crippen LogP contribution >= 0.6 is 34.5 Å². The lowest BCUT2D eigenvalue weighted by Gasteiger charge is -2.09. The highest BCUT2D eigenvalue weighted by molar-refractivity contribution is 7.18. The zero-order chi connectivity index (χ0) is 15.4. The van der Waals surface area contributed by atoms with E-state index >= 15 is 0 Å². The van der Waals surface area contributed by atoms with E-state index < -0.39 is 0 Å². The van der Waals surface area contributed by atoms with Gasteiger partial charge in [-0.05, 0) is 31.0 Å². The second kappa shape index (κ2) is 7.20. The van der Waals surface area contributed by atoms with E-state index in [-0.39, 0.29) is 11.8 Å². The molecule has 0 spiro atoms. The number of anilines is 1. The summed E-state index contributed by atoms with van der Waals surface area (Å²) < 4.78 is 0. The number of nitrogens with zero attached hydrogens (tertiary/aromatic N) is 2. The molecule has 0 saturated carbocycles. The largest absolute Gasteiger partial charge is 0.300 e. The molecule has 21 heavy (non-hydrogen) atoms. The number of hydrogen-bond donors (Lipinski definition) is 1. The summed E-state index contributed by atoms with van der Waals surface area (Å²) in [6.45, 7) is 3.99. The normalized spacial score (nSPS) is 10.9. The Balaban J connectivity index is 2.16. The van der Waals surface area contributed by atoms with Crippen LogP contribution < -0.4 is 5.32 Å². The topological polar surface area (TPSA) is 54.9 Å². The van der Waals surface area contributed by atoms with E-state index in [0.29, 0.717) is 20.2 Å². The summed E-state index contributed by atoms with van der Waals surface area (Å²) in [4.78, 5) is 12.0. The van der Waals surface area contributed by atoms with Gasteiger partial charge in [0.15, 0.2) is 5.01 Å². The Morgan fingerprint density at radius 2 is 2.00 bits per heavy atom. The van der Waals surface area contributed by atoms with Crippen LogP contribution in [0.15, 0.2) is 18.2 Å². The van der Waals surface area contributed by atoms with E-state index in [9.17, 15) is 4.79 Å². The molecular weight excluding hydrogens is 329 g/mol. The Morgan fingerprint density at radius 3 is 2.62 bits per heavy atom. The maximum Gasteiger partial charge on any atom is 0.229 e. The highest BCUT2D eigenvalue weighted by atomic mass is 35.5. The number of benzene rings is 1. The number of aromatic nitrogens is 2. The quantitative estimate of drug-likeness (QED) is 0.840.